The van der Waals surface area contributed by atoms with E-state index in [1.165, 1.54) is 44.6 Å². The number of azo groups is 1. The molecule has 5 nitrogen and oxygen atoms in total. The van der Waals surface area contributed by atoms with Crippen LogP contribution >= 0.6 is 0 Å². The molecule has 0 atom stereocenters. The van der Waals surface area contributed by atoms with Crippen LogP contribution in [0.15, 0.2) is 74.0 Å². The third-order valence-electron chi connectivity index (χ3n) is 4.74. The predicted octanol–water partition coefficient (Wildman–Crippen LogP) is 7.34. The van der Waals surface area contributed by atoms with Gasteiger partial charge in [-0.25, -0.2) is 4.79 Å². The first-order valence-corrected chi connectivity index (χ1v) is 10.4. The summed E-state index contributed by atoms with van der Waals surface area (Å²) in [6.07, 6.45) is 8.94. The summed E-state index contributed by atoms with van der Waals surface area (Å²) >= 11 is 0. The van der Waals surface area contributed by atoms with Crippen LogP contribution in [0.2, 0.25) is 0 Å². The lowest BCUT2D eigenvalue weighted by Gasteiger charge is -2.06. The lowest BCUT2D eigenvalue weighted by Crippen LogP contribution is -1.96. The minimum absolute atomic E-state index is 0.360. The topological polar surface area (TPSA) is 64.2 Å². The molecular formula is C24H28N2O3. The first-order chi connectivity index (χ1) is 14.2. The van der Waals surface area contributed by atoms with Gasteiger partial charge in [-0.1, -0.05) is 45.4 Å². The first kappa shape index (κ1) is 20.8. The number of unbranched alkanes of at least 4 members (excludes halogenated alkanes) is 6. The molecule has 0 amide bonds. The second-order valence-corrected chi connectivity index (χ2v) is 7.14. The van der Waals surface area contributed by atoms with Crippen molar-refractivity contribution in [2.45, 2.75) is 51.9 Å². The van der Waals surface area contributed by atoms with E-state index in [4.69, 9.17) is 9.15 Å². The van der Waals surface area contributed by atoms with Crippen LogP contribution in [-0.2, 0) is 0 Å². The minimum atomic E-state index is -0.360. The predicted molar refractivity (Wildman–Crippen MR) is 117 cm³/mol. The summed E-state index contributed by atoms with van der Waals surface area (Å²) in [7, 11) is 0. The van der Waals surface area contributed by atoms with Gasteiger partial charge in [0, 0.05) is 11.5 Å². The van der Waals surface area contributed by atoms with Gasteiger partial charge in [0.15, 0.2) is 0 Å². The summed E-state index contributed by atoms with van der Waals surface area (Å²) < 4.78 is 10.9. The van der Waals surface area contributed by atoms with E-state index >= 15 is 0 Å². The Balaban J connectivity index is 1.45. The van der Waals surface area contributed by atoms with Crippen LogP contribution in [0.5, 0.6) is 5.75 Å². The van der Waals surface area contributed by atoms with E-state index in [1.54, 1.807) is 18.2 Å². The minimum Gasteiger partial charge on any atom is -0.494 e. The van der Waals surface area contributed by atoms with Gasteiger partial charge < -0.3 is 9.15 Å². The van der Waals surface area contributed by atoms with Crippen molar-refractivity contribution < 1.29 is 9.15 Å². The molecule has 0 bridgehead atoms. The molecule has 3 rings (SSSR count). The van der Waals surface area contributed by atoms with Crippen molar-refractivity contribution in [3.05, 3.63) is 65.0 Å². The van der Waals surface area contributed by atoms with Gasteiger partial charge in [-0.2, -0.15) is 10.2 Å². The van der Waals surface area contributed by atoms with Gasteiger partial charge in [0.05, 0.1) is 18.0 Å². The number of hydrogen-bond donors (Lipinski definition) is 0. The highest BCUT2D eigenvalue weighted by Crippen LogP contribution is 2.24. The van der Waals surface area contributed by atoms with Crippen LogP contribution in [0.3, 0.4) is 0 Å². The van der Waals surface area contributed by atoms with Crippen molar-refractivity contribution >= 4 is 22.3 Å². The summed E-state index contributed by atoms with van der Waals surface area (Å²) in [6, 6.07) is 16.1. The molecule has 0 fully saturated rings. The van der Waals surface area contributed by atoms with Crippen molar-refractivity contribution in [3.8, 4) is 5.75 Å². The molecule has 29 heavy (non-hydrogen) atoms. The van der Waals surface area contributed by atoms with Crippen molar-refractivity contribution in [2.75, 3.05) is 6.61 Å². The lowest BCUT2D eigenvalue weighted by atomic mass is 10.1. The average Bonchev–Trinajstić information content (AvgIpc) is 2.75. The Morgan fingerprint density at radius 2 is 1.48 bits per heavy atom. The molecule has 152 valence electrons. The summed E-state index contributed by atoms with van der Waals surface area (Å²) in [5.41, 5.74) is 1.64. The van der Waals surface area contributed by atoms with Gasteiger partial charge in [-0.15, -0.1) is 0 Å². The number of hydrogen-bond acceptors (Lipinski definition) is 5. The fourth-order valence-corrected chi connectivity index (χ4v) is 3.10. The largest absolute Gasteiger partial charge is 0.494 e. The van der Waals surface area contributed by atoms with Crippen LogP contribution in [0.25, 0.3) is 11.0 Å². The zero-order valence-corrected chi connectivity index (χ0v) is 17.0. The molecule has 5 heteroatoms. The highest BCUT2D eigenvalue weighted by atomic mass is 16.5. The van der Waals surface area contributed by atoms with E-state index < -0.39 is 0 Å². The Hall–Kier alpha value is -2.95. The molecule has 0 aliphatic heterocycles. The van der Waals surface area contributed by atoms with Crippen LogP contribution < -0.4 is 10.4 Å². The Morgan fingerprint density at radius 3 is 2.28 bits per heavy atom. The van der Waals surface area contributed by atoms with Gasteiger partial charge in [-0.05, 0) is 55.0 Å². The summed E-state index contributed by atoms with van der Waals surface area (Å²) in [5.74, 6) is 0.857. The second-order valence-electron chi connectivity index (χ2n) is 7.14. The number of ether oxygens (including phenoxy) is 1. The van der Waals surface area contributed by atoms with Crippen LogP contribution in [0.4, 0.5) is 11.4 Å². The summed E-state index contributed by atoms with van der Waals surface area (Å²) in [5, 5.41) is 9.34. The zero-order chi connectivity index (χ0) is 20.3. The number of benzene rings is 2. The first-order valence-electron chi connectivity index (χ1n) is 10.4. The maximum absolute atomic E-state index is 11.2. The SMILES string of the molecule is CCCCCCCCCOc1ccc(N=Nc2ccc3oc(=O)ccc3c2)cc1. The van der Waals surface area contributed by atoms with Crippen molar-refractivity contribution in [3.63, 3.8) is 0 Å². The quantitative estimate of drug-likeness (QED) is 0.195. The van der Waals surface area contributed by atoms with Gasteiger partial charge in [0.25, 0.3) is 0 Å². The molecular weight excluding hydrogens is 364 g/mol. The molecule has 1 aromatic heterocycles. The molecule has 0 aliphatic carbocycles. The summed E-state index contributed by atoms with van der Waals surface area (Å²) in [6.45, 7) is 2.99. The van der Waals surface area contributed by atoms with Crippen LogP contribution in [-0.4, -0.2) is 6.61 Å². The van der Waals surface area contributed by atoms with Gasteiger partial charge in [0.1, 0.15) is 11.3 Å². The monoisotopic (exact) mass is 392 g/mol. The highest BCUT2D eigenvalue weighted by Gasteiger charge is 1.99. The van der Waals surface area contributed by atoms with E-state index in [0.29, 0.717) is 11.3 Å². The fraction of sp³-hybridized carbons (Fsp3) is 0.375. The van der Waals surface area contributed by atoms with Gasteiger partial charge >= 0.3 is 5.63 Å². The third-order valence-corrected chi connectivity index (χ3v) is 4.74. The third kappa shape index (κ3) is 6.86. The molecule has 2 aromatic carbocycles. The van der Waals surface area contributed by atoms with Crippen LogP contribution in [0, 0.1) is 0 Å². The van der Waals surface area contributed by atoms with E-state index in [2.05, 4.69) is 17.2 Å². The summed E-state index contributed by atoms with van der Waals surface area (Å²) in [4.78, 5) is 11.2. The number of rotatable bonds is 11. The molecule has 0 N–H and O–H groups in total. The molecule has 0 radical (unpaired) electrons. The van der Waals surface area contributed by atoms with E-state index in [1.807, 2.05) is 30.3 Å². The lowest BCUT2D eigenvalue weighted by molar-refractivity contribution is 0.304. The number of nitrogens with zero attached hydrogens (tertiary/aromatic N) is 2. The molecule has 0 unspecified atom stereocenters. The van der Waals surface area contributed by atoms with E-state index in [9.17, 15) is 4.79 Å². The smallest absolute Gasteiger partial charge is 0.336 e. The Bertz CT molecular complexity index is 977. The van der Waals surface area contributed by atoms with Crippen LogP contribution in [0.1, 0.15) is 51.9 Å². The van der Waals surface area contributed by atoms with E-state index in [-0.39, 0.29) is 5.63 Å². The molecule has 3 aromatic rings. The number of fused-ring (bicyclic) bond motifs is 1. The van der Waals surface area contributed by atoms with E-state index in [0.717, 1.165) is 29.9 Å². The van der Waals surface area contributed by atoms with Gasteiger partial charge in [0.2, 0.25) is 0 Å². The van der Waals surface area contributed by atoms with Crippen molar-refractivity contribution in [1.29, 1.82) is 0 Å². The molecule has 1 heterocycles. The average molecular weight is 392 g/mol. The van der Waals surface area contributed by atoms with Gasteiger partial charge in [-0.3, -0.25) is 0 Å². The molecule has 0 spiro atoms. The Labute approximate surface area is 171 Å². The maximum Gasteiger partial charge on any atom is 0.336 e. The molecule has 0 saturated heterocycles. The standard InChI is InChI=1S/C24H28N2O3/c1-2-3-4-5-6-7-8-17-28-22-13-10-20(11-14-22)25-26-21-12-15-23-19(18-21)9-16-24(27)29-23/h9-16,18H,2-8,17H2,1H3. The Morgan fingerprint density at radius 1 is 0.793 bits per heavy atom. The van der Waals surface area contributed by atoms with Crippen molar-refractivity contribution in [2.24, 2.45) is 10.2 Å². The second kappa shape index (κ2) is 11.1. The molecule has 0 aliphatic rings. The maximum atomic E-state index is 11.2. The molecule has 0 saturated carbocycles. The Kier molecular flexibility index (Phi) is 7.99. The van der Waals surface area contributed by atoms with Crippen molar-refractivity contribution in [1.82, 2.24) is 0 Å². The fourth-order valence-electron chi connectivity index (χ4n) is 3.10. The highest BCUT2D eigenvalue weighted by molar-refractivity contribution is 5.79. The zero-order valence-electron chi connectivity index (χ0n) is 17.0. The normalized spacial score (nSPS) is 11.3.